The monoisotopic (exact) mass is 295 g/mol. The normalized spacial score (nSPS) is 31.5. The minimum absolute atomic E-state index is 0.00649. The van der Waals surface area contributed by atoms with Crippen LogP contribution >= 0.6 is 0 Å². The van der Waals surface area contributed by atoms with E-state index in [0.717, 1.165) is 17.7 Å². The maximum Gasteiger partial charge on any atom is 0.325 e. The number of carboxylic acid groups (broad SMARTS) is 1. The van der Waals surface area contributed by atoms with E-state index in [0.29, 0.717) is 13.0 Å². The van der Waals surface area contributed by atoms with E-state index >= 15 is 0 Å². The van der Waals surface area contributed by atoms with Gasteiger partial charge in [-0.15, -0.1) is 0 Å². The Balaban J connectivity index is 1.66. The second kappa shape index (κ2) is 4.71. The van der Waals surface area contributed by atoms with E-state index in [-0.39, 0.29) is 31.5 Å². The Morgan fingerprint density at radius 3 is 2.71 bits per heavy atom. The maximum absolute atomic E-state index is 12.2. The van der Waals surface area contributed by atoms with Crippen molar-refractivity contribution in [2.45, 2.75) is 19.3 Å². The molecule has 2 atom stereocenters. The first-order valence-corrected chi connectivity index (χ1v) is 7.02. The van der Waals surface area contributed by atoms with Gasteiger partial charge in [0.2, 0.25) is 11.8 Å². The van der Waals surface area contributed by atoms with E-state index in [4.69, 9.17) is 0 Å². The summed E-state index contributed by atoms with van der Waals surface area (Å²) in [7, 11) is 0. The van der Waals surface area contributed by atoms with Crippen LogP contribution in [0.1, 0.15) is 19.3 Å². The summed E-state index contributed by atoms with van der Waals surface area (Å²) in [6.07, 6.45) is 2.29. The second-order valence-electron chi connectivity index (χ2n) is 6.03. The van der Waals surface area contributed by atoms with Gasteiger partial charge in [-0.1, -0.05) is 6.42 Å². The number of rotatable bonds is 3. The summed E-state index contributed by atoms with van der Waals surface area (Å²) in [5, 5.41) is 11.6. The summed E-state index contributed by atoms with van der Waals surface area (Å²) in [6, 6.07) is -0.569. The number of amides is 4. The molecule has 8 heteroatoms. The van der Waals surface area contributed by atoms with Crippen LogP contribution < -0.4 is 5.32 Å². The average molecular weight is 295 g/mol. The maximum atomic E-state index is 12.2. The molecule has 21 heavy (non-hydrogen) atoms. The van der Waals surface area contributed by atoms with Crippen LogP contribution in [0.25, 0.3) is 0 Å². The van der Waals surface area contributed by atoms with Gasteiger partial charge >= 0.3 is 12.0 Å². The summed E-state index contributed by atoms with van der Waals surface area (Å²) in [4.78, 5) is 49.0. The van der Waals surface area contributed by atoms with Crippen LogP contribution in [0.3, 0.4) is 0 Å². The number of carbonyl (C=O) groups is 4. The van der Waals surface area contributed by atoms with Gasteiger partial charge in [-0.2, -0.15) is 0 Å². The predicted molar refractivity (Wildman–Crippen MR) is 69.1 cm³/mol. The Morgan fingerprint density at radius 1 is 1.38 bits per heavy atom. The lowest BCUT2D eigenvalue weighted by atomic mass is 9.81. The van der Waals surface area contributed by atoms with Crippen molar-refractivity contribution in [2.24, 2.45) is 11.3 Å². The number of carboxylic acids is 1. The Hall–Kier alpha value is -2.12. The molecule has 3 fully saturated rings. The lowest BCUT2D eigenvalue weighted by Gasteiger charge is -2.24. The number of fused-ring (bicyclic) bond motifs is 1. The first-order chi connectivity index (χ1) is 9.92. The zero-order valence-electron chi connectivity index (χ0n) is 11.5. The van der Waals surface area contributed by atoms with Crippen molar-refractivity contribution in [3.63, 3.8) is 0 Å². The smallest absolute Gasteiger partial charge is 0.325 e. The summed E-state index contributed by atoms with van der Waals surface area (Å²) in [5.41, 5.74) is -0.821. The van der Waals surface area contributed by atoms with Crippen molar-refractivity contribution in [1.82, 2.24) is 15.1 Å². The fourth-order valence-corrected chi connectivity index (χ4v) is 3.70. The molecule has 2 saturated heterocycles. The third kappa shape index (κ3) is 2.14. The molecule has 2 heterocycles. The first kappa shape index (κ1) is 13.8. The molecule has 0 radical (unpaired) electrons. The topological polar surface area (TPSA) is 107 Å². The highest BCUT2D eigenvalue weighted by Crippen LogP contribution is 2.48. The van der Waals surface area contributed by atoms with Crippen molar-refractivity contribution in [3.8, 4) is 0 Å². The molecule has 8 nitrogen and oxygen atoms in total. The van der Waals surface area contributed by atoms with E-state index < -0.39 is 23.3 Å². The van der Waals surface area contributed by atoms with Crippen molar-refractivity contribution < 1.29 is 24.3 Å². The molecule has 4 amide bonds. The molecule has 0 bridgehead atoms. The van der Waals surface area contributed by atoms with Crippen LogP contribution in [0.2, 0.25) is 0 Å². The minimum Gasteiger partial charge on any atom is -0.481 e. The molecule has 0 unspecified atom stereocenters. The number of imide groups is 1. The predicted octanol–water partition coefficient (Wildman–Crippen LogP) is -0.748. The zero-order chi connectivity index (χ0) is 15.2. The fraction of sp³-hybridized carbons (Fsp3) is 0.692. The molecular formula is C13H17N3O5. The molecule has 114 valence electrons. The molecule has 0 aromatic heterocycles. The van der Waals surface area contributed by atoms with E-state index in [2.05, 4.69) is 5.32 Å². The van der Waals surface area contributed by atoms with Crippen LogP contribution in [0.15, 0.2) is 0 Å². The average Bonchev–Trinajstić information content (AvgIpc) is 3.02. The van der Waals surface area contributed by atoms with Crippen molar-refractivity contribution in [2.75, 3.05) is 26.2 Å². The van der Waals surface area contributed by atoms with Crippen molar-refractivity contribution in [3.05, 3.63) is 0 Å². The number of hydrogen-bond donors (Lipinski definition) is 2. The van der Waals surface area contributed by atoms with Gasteiger partial charge in [0.15, 0.2) is 0 Å². The van der Waals surface area contributed by atoms with Crippen LogP contribution in [0.4, 0.5) is 4.79 Å². The van der Waals surface area contributed by atoms with Gasteiger partial charge in [-0.3, -0.25) is 19.7 Å². The highest BCUT2D eigenvalue weighted by molar-refractivity contribution is 6.03. The van der Waals surface area contributed by atoms with Gasteiger partial charge in [-0.05, 0) is 18.8 Å². The minimum atomic E-state index is -0.839. The largest absolute Gasteiger partial charge is 0.481 e. The van der Waals surface area contributed by atoms with Crippen molar-refractivity contribution >= 4 is 23.8 Å². The number of nitrogens with one attached hydrogen (secondary N) is 1. The number of urea groups is 1. The van der Waals surface area contributed by atoms with Crippen LogP contribution in [0, 0.1) is 11.3 Å². The third-order valence-corrected chi connectivity index (χ3v) is 4.84. The molecule has 0 aromatic carbocycles. The van der Waals surface area contributed by atoms with Gasteiger partial charge in [0, 0.05) is 13.1 Å². The fourth-order valence-electron chi connectivity index (χ4n) is 3.70. The lowest BCUT2D eigenvalue weighted by molar-refractivity contribution is -0.149. The zero-order valence-corrected chi connectivity index (χ0v) is 11.5. The molecule has 0 aromatic rings. The van der Waals surface area contributed by atoms with Gasteiger partial charge in [0.25, 0.3) is 0 Å². The Kier molecular flexibility index (Phi) is 3.11. The number of aliphatic carboxylic acids is 1. The van der Waals surface area contributed by atoms with Crippen LogP contribution in [-0.4, -0.2) is 64.9 Å². The molecule has 0 spiro atoms. The van der Waals surface area contributed by atoms with Crippen LogP contribution in [-0.2, 0) is 14.4 Å². The van der Waals surface area contributed by atoms with Crippen LogP contribution in [0.5, 0.6) is 0 Å². The molecule has 2 aliphatic heterocycles. The standard InChI is InChI=1S/C13H17N3O5/c17-9-5-15(12(21)14-9)6-10(18)16-4-8-2-1-3-13(8,7-16)11(19)20/h8H,1-7H2,(H,19,20)(H,14,17,21)/t8-,13+/m0/s1. The number of likely N-dealkylation sites (tertiary alicyclic amines) is 1. The van der Waals surface area contributed by atoms with Gasteiger partial charge in [0.1, 0.15) is 13.1 Å². The summed E-state index contributed by atoms with van der Waals surface area (Å²) in [6.45, 7) is 0.329. The summed E-state index contributed by atoms with van der Waals surface area (Å²) < 4.78 is 0. The third-order valence-electron chi connectivity index (χ3n) is 4.84. The number of nitrogens with zero attached hydrogens (tertiary/aromatic N) is 2. The Labute approximate surface area is 121 Å². The Bertz CT molecular complexity index is 534. The summed E-state index contributed by atoms with van der Waals surface area (Å²) >= 11 is 0. The van der Waals surface area contributed by atoms with Gasteiger partial charge in [0.05, 0.1) is 5.41 Å². The number of carbonyl (C=O) groups excluding carboxylic acids is 3. The number of hydrogen-bond acceptors (Lipinski definition) is 4. The Morgan fingerprint density at radius 2 is 2.14 bits per heavy atom. The molecule has 3 rings (SSSR count). The van der Waals surface area contributed by atoms with Gasteiger partial charge in [-0.25, -0.2) is 4.79 Å². The quantitative estimate of drug-likeness (QED) is 0.666. The van der Waals surface area contributed by atoms with Crippen molar-refractivity contribution in [1.29, 1.82) is 0 Å². The summed E-state index contributed by atoms with van der Waals surface area (Å²) in [5.74, 6) is -1.56. The second-order valence-corrected chi connectivity index (χ2v) is 6.03. The van der Waals surface area contributed by atoms with Gasteiger partial charge < -0.3 is 14.9 Å². The molecule has 3 aliphatic rings. The molecule has 1 aliphatic carbocycles. The molecule has 1 saturated carbocycles. The van der Waals surface area contributed by atoms with E-state index in [9.17, 15) is 24.3 Å². The van der Waals surface area contributed by atoms with E-state index in [1.54, 1.807) is 0 Å². The molecular weight excluding hydrogens is 278 g/mol. The van der Waals surface area contributed by atoms with E-state index in [1.165, 1.54) is 4.90 Å². The highest BCUT2D eigenvalue weighted by Gasteiger charge is 2.55. The molecule has 2 N–H and O–H groups in total. The highest BCUT2D eigenvalue weighted by atomic mass is 16.4. The SMILES string of the molecule is O=C1CN(CC(=O)N2C[C@@H]3CCC[C@@]3(C(=O)O)C2)C(=O)N1. The lowest BCUT2D eigenvalue weighted by Crippen LogP contribution is -2.42. The van der Waals surface area contributed by atoms with E-state index in [1.807, 2.05) is 0 Å². The first-order valence-electron chi connectivity index (χ1n) is 7.02.